The Bertz CT molecular complexity index is 307. The van der Waals surface area contributed by atoms with E-state index >= 15 is 0 Å². The second-order valence-electron chi connectivity index (χ2n) is 6.55. The van der Waals surface area contributed by atoms with Gasteiger partial charge in [0.05, 0.1) is 5.92 Å². The van der Waals surface area contributed by atoms with E-state index in [4.69, 9.17) is 4.74 Å². The molecule has 2 heteroatoms. The van der Waals surface area contributed by atoms with Gasteiger partial charge in [-0.1, -0.05) is 54.5 Å². The minimum Gasteiger partial charge on any atom is -0.431 e. The smallest absolute Gasteiger partial charge is 0.315 e. The summed E-state index contributed by atoms with van der Waals surface area (Å²) < 4.78 is 5.27. The Morgan fingerprint density at radius 1 is 1.19 bits per heavy atom. The van der Waals surface area contributed by atoms with Crippen LogP contribution in [0, 0.1) is 22.7 Å². The maximum absolute atomic E-state index is 12.0. The van der Waals surface area contributed by atoms with E-state index in [1.165, 1.54) is 0 Å². The van der Waals surface area contributed by atoms with Crippen molar-refractivity contribution in [2.75, 3.05) is 0 Å². The maximum Gasteiger partial charge on any atom is 0.315 e. The first kappa shape index (κ1) is 13.3. The highest BCUT2D eigenvalue weighted by Crippen LogP contribution is 2.51. The van der Waals surface area contributed by atoms with E-state index in [0.717, 1.165) is 6.42 Å². The van der Waals surface area contributed by atoms with Gasteiger partial charge in [0, 0.05) is 5.92 Å². The fraction of sp³-hybridized carbons (Fsp3) is 0.786. The predicted molar refractivity (Wildman–Crippen MR) is 65.7 cm³/mol. The van der Waals surface area contributed by atoms with Gasteiger partial charge in [0.1, 0.15) is 5.76 Å². The van der Waals surface area contributed by atoms with Gasteiger partial charge in [-0.2, -0.15) is 0 Å². The van der Waals surface area contributed by atoms with Crippen LogP contribution in [0.2, 0.25) is 0 Å². The van der Waals surface area contributed by atoms with Gasteiger partial charge in [-0.3, -0.25) is 4.79 Å². The molecule has 0 amide bonds. The minimum atomic E-state index is -0.100. The van der Waals surface area contributed by atoms with E-state index in [2.05, 4.69) is 48.1 Å². The summed E-state index contributed by atoms with van der Waals surface area (Å²) in [6, 6.07) is 0. The lowest BCUT2D eigenvalue weighted by molar-refractivity contribution is -0.143. The number of rotatable bonds is 2. The van der Waals surface area contributed by atoms with Crippen molar-refractivity contribution in [2.45, 2.75) is 48.0 Å². The number of ether oxygens (including phenoxy) is 1. The van der Waals surface area contributed by atoms with Gasteiger partial charge in [0.25, 0.3) is 0 Å². The number of carbonyl (C=O) groups is 1. The number of hydrogen-bond acceptors (Lipinski definition) is 2. The summed E-state index contributed by atoms with van der Waals surface area (Å²) in [4.78, 5) is 12.0. The molecule has 0 N–H and O–H groups in total. The van der Waals surface area contributed by atoms with Crippen LogP contribution in [-0.4, -0.2) is 5.97 Å². The molecule has 1 rings (SSSR count). The number of esters is 1. The summed E-state index contributed by atoms with van der Waals surface area (Å²) in [6.07, 6.45) is 0.965. The number of cyclic esters (lactones) is 1. The Morgan fingerprint density at radius 3 is 2.06 bits per heavy atom. The van der Waals surface area contributed by atoms with Crippen LogP contribution in [0.25, 0.3) is 0 Å². The lowest BCUT2D eigenvalue weighted by Crippen LogP contribution is -2.37. The first-order chi connectivity index (χ1) is 7.11. The fourth-order valence-corrected chi connectivity index (χ4v) is 2.55. The van der Waals surface area contributed by atoms with Crippen molar-refractivity contribution in [1.29, 1.82) is 0 Å². The summed E-state index contributed by atoms with van der Waals surface area (Å²) in [5.41, 5.74) is -0.0190. The van der Waals surface area contributed by atoms with Crippen LogP contribution in [0.3, 0.4) is 0 Å². The highest BCUT2D eigenvalue weighted by Gasteiger charge is 2.52. The molecular weight excluding hydrogens is 200 g/mol. The lowest BCUT2D eigenvalue weighted by Gasteiger charge is -2.37. The molecule has 0 aromatic heterocycles. The van der Waals surface area contributed by atoms with E-state index in [1.807, 2.05) is 0 Å². The maximum atomic E-state index is 12.0. The second kappa shape index (κ2) is 3.90. The van der Waals surface area contributed by atoms with E-state index in [0.29, 0.717) is 5.76 Å². The van der Waals surface area contributed by atoms with Crippen molar-refractivity contribution in [3.05, 3.63) is 12.3 Å². The van der Waals surface area contributed by atoms with Gasteiger partial charge in [-0.25, -0.2) is 0 Å². The summed E-state index contributed by atoms with van der Waals surface area (Å²) >= 11 is 0. The molecule has 0 aliphatic carbocycles. The van der Waals surface area contributed by atoms with Crippen molar-refractivity contribution in [2.24, 2.45) is 22.7 Å². The van der Waals surface area contributed by atoms with E-state index in [1.54, 1.807) is 0 Å². The van der Waals surface area contributed by atoms with Crippen LogP contribution in [0.5, 0.6) is 0 Å². The highest BCUT2D eigenvalue weighted by atomic mass is 16.5. The summed E-state index contributed by atoms with van der Waals surface area (Å²) in [7, 11) is 0. The van der Waals surface area contributed by atoms with Crippen molar-refractivity contribution < 1.29 is 9.53 Å². The molecule has 2 atom stereocenters. The summed E-state index contributed by atoms with van der Waals surface area (Å²) in [5.74, 6) is 0.598. The van der Waals surface area contributed by atoms with Crippen LogP contribution >= 0.6 is 0 Å². The third-order valence-electron chi connectivity index (χ3n) is 3.85. The average molecular weight is 224 g/mol. The van der Waals surface area contributed by atoms with Crippen molar-refractivity contribution >= 4 is 5.97 Å². The predicted octanol–water partition coefficient (Wildman–Crippen LogP) is 3.77. The molecule has 0 spiro atoms. The molecule has 1 aliphatic rings. The van der Waals surface area contributed by atoms with Gasteiger partial charge in [0.2, 0.25) is 0 Å². The molecule has 0 saturated carbocycles. The number of allylic oxidation sites excluding steroid dienone is 1. The van der Waals surface area contributed by atoms with Gasteiger partial charge in [0.15, 0.2) is 0 Å². The average Bonchev–Trinajstić information content (AvgIpc) is 2.40. The van der Waals surface area contributed by atoms with Crippen molar-refractivity contribution in [3.8, 4) is 0 Å². The first-order valence-corrected chi connectivity index (χ1v) is 6.01. The molecule has 1 heterocycles. The first-order valence-electron chi connectivity index (χ1n) is 6.01. The fourth-order valence-electron chi connectivity index (χ4n) is 2.55. The molecule has 0 radical (unpaired) electrons. The normalized spacial score (nSPS) is 27.1. The highest BCUT2D eigenvalue weighted by molar-refractivity contribution is 5.78. The molecule has 0 bridgehead atoms. The molecule has 92 valence electrons. The molecule has 1 fully saturated rings. The summed E-state index contributed by atoms with van der Waals surface area (Å²) in [5, 5.41) is 0. The zero-order valence-corrected chi connectivity index (χ0v) is 11.4. The molecule has 0 aromatic carbocycles. The Morgan fingerprint density at radius 2 is 1.69 bits per heavy atom. The summed E-state index contributed by atoms with van der Waals surface area (Å²) in [6.45, 7) is 16.7. The molecule has 1 aliphatic heterocycles. The van der Waals surface area contributed by atoms with Gasteiger partial charge in [-0.05, 0) is 10.8 Å². The Kier molecular flexibility index (Phi) is 3.24. The topological polar surface area (TPSA) is 26.3 Å². The second-order valence-corrected chi connectivity index (χ2v) is 6.55. The van der Waals surface area contributed by atoms with Crippen LogP contribution in [0.1, 0.15) is 48.0 Å². The number of hydrogen-bond donors (Lipinski definition) is 0. The van der Waals surface area contributed by atoms with Gasteiger partial charge < -0.3 is 4.74 Å². The van der Waals surface area contributed by atoms with Crippen LogP contribution in [-0.2, 0) is 9.53 Å². The molecule has 1 saturated heterocycles. The molecule has 0 aromatic rings. The largest absolute Gasteiger partial charge is 0.431 e. The Balaban J connectivity index is 3.14. The molecule has 2 nitrogen and oxygen atoms in total. The van der Waals surface area contributed by atoms with E-state index < -0.39 is 0 Å². The monoisotopic (exact) mass is 224 g/mol. The molecule has 2 unspecified atom stereocenters. The zero-order chi connectivity index (χ0) is 12.7. The van der Waals surface area contributed by atoms with Crippen LogP contribution < -0.4 is 0 Å². The zero-order valence-electron chi connectivity index (χ0n) is 11.4. The van der Waals surface area contributed by atoms with Crippen LogP contribution in [0.15, 0.2) is 12.3 Å². The lowest BCUT2D eigenvalue weighted by atomic mass is 9.63. The van der Waals surface area contributed by atoms with Gasteiger partial charge in [-0.15, -0.1) is 0 Å². The standard InChI is InChI=1S/C14H24O2/c1-8-14(6,7)11-10(13(3,4)5)9(2)16-12(11)15/h10-11H,2,8H2,1,3-7H3. The van der Waals surface area contributed by atoms with E-state index in [-0.39, 0.29) is 28.6 Å². The van der Waals surface area contributed by atoms with Crippen molar-refractivity contribution in [1.82, 2.24) is 0 Å². The quantitative estimate of drug-likeness (QED) is 0.667. The third-order valence-corrected chi connectivity index (χ3v) is 3.85. The third kappa shape index (κ3) is 2.16. The van der Waals surface area contributed by atoms with E-state index in [9.17, 15) is 4.79 Å². The van der Waals surface area contributed by atoms with Gasteiger partial charge >= 0.3 is 5.97 Å². The molecule has 16 heavy (non-hydrogen) atoms. The Hall–Kier alpha value is -0.790. The SMILES string of the molecule is C=C1OC(=O)C(C(C)(C)CC)C1C(C)(C)C. The van der Waals surface area contributed by atoms with Crippen LogP contribution in [0.4, 0.5) is 0 Å². The Labute approximate surface area is 99.1 Å². The van der Waals surface area contributed by atoms with Crippen molar-refractivity contribution in [3.63, 3.8) is 0 Å². The minimum absolute atomic E-state index is 0.0142. The number of carbonyl (C=O) groups excluding carboxylic acids is 1. The molecular formula is C14H24O2.